The molecule has 4 saturated carbocycles. The predicted molar refractivity (Wildman–Crippen MR) is 156 cm³/mol. The van der Waals surface area contributed by atoms with Crippen LogP contribution in [0.15, 0.2) is 36.4 Å². The van der Waals surface area contributed by atoms with Gasteiger partial charge in [-0.3, -0.25) is 0 Å². The minimum Gasteiger partial charge on any atom is -0.374 e. The number of benzene rings is 1. The van der Waals surface area contributed by atoms with Gasteiger partial charge in [-0.15, -0.1) is 0 Å². The summed E-state index contributed by atoms with van der Waals surface area (Å²) in [6.45, 7) is 5.39. The van der Waals surface area contributed by atoms with Crippen LogP contribution in [0.4, 0.5) is 0 Å². The SMILES string of the molecule is CCCCC/C=C/COC1CCC(c2ccc(C34CCC(CCCCCCC)(CC3)CC4)cc2)CC1. The molecule has 0 heterocycles. The molecule has 0 N–H and O–H groups in total. The molecule has 4 aliphatic carbocycles. The van der Waals surface area contributed by atoms with Crippen molar-refractivity contribution < 1.29 is 4.74 Å². The molecule has 0 amide bonds. The quantitative estimate of drug-likeness (QED) is 0.175. The number of rotatable bonds is 15. The van der Waals surface area contributed by atoms with Gasteiger partial charge in [0.1, 0.15) is 0 Å². The van der Waals surface area contributed by atoms with Crippen molar-refractivity contribution in [2.45, 2.75) is 160 Å². The molecule has 0 atom stereocenters. The van der Waals surface area contributed by atoms with Crippen molar-refractivity contribution in [3.63, 3.8) is 0 Å². The van der Waals surface area contributed by atoms with E-state index in [0.29, 0.717) is 16.9 Å². The summed E-state index contributed by atoms with van der Waals surface area (Å²) < 4.78 is 6.17. The first-order chi connectivity index (χ1) is 17.7. The summed E-state index contributed by atoms with van der Waals surface area (Å²) in [7, 11) is 0. The highest BCUT2D eigenvalue weighted by molar-refractivity contribution is 5.33. The molecule has 1 nitrogen and oxygen atoms in total. The first-order valence-electron chi connectivity index (χ1n) is 16.1. The van der Waals surface area contributed by atoms with Crippen LogP contribution in [-0.4, -0.2) is 12.7 Å². The molecule has 1 heteroatoms. The van der Waals surface area contributed by atoms with Gasteiger partial charge >= 0.3 is 0 Å². The molecule has 36 heavy (non-hydrogen) atoms. The first kappa shape index (κ1) is 27.9. The monoisotopic (exact) mass is 492 g/mol. The highest BCUT2D eigenvalue weighted by atomic mass is 16.5. The van der Waals surface area contributed by atoms with Crippen LogP contribution in [0.25, 0.3) is 0 Å². The zero-order chi connectivity index (χ0) is 25.1. The van der Waals surface area contributed by atoms with E-state index < -0.39 is 0 Å². The fraction of sp³-hybridized carbons (Fsp3) is 0.771. The summed E-state index contributed by atoms with van der Waals surface area (Å²) in [4.78, 5) is 0. The largest absolute Gasteiger partial charge is 0.374 e. The molecule has 1 aromatic rings. The van der Waals surface area contributed by atoms with Crippen LogP contribution in [-0.2, 0) is 10.2 Å². The second-order valence-corrected chi connectivity index (χ2v) is 12.8. The van der Waals surface area contributed by atoms with E-state index in [1.54, 1.807) is 11.1 Å². The lowest BCUT2D eigenvalue weighted by molar-refractivity contribution is 0.0304. The van der Waals surface area contributed by atoms with Gasteiger partial charge in [0.15, 0.2) is 0 Å². The number of unbranched alkanes of at least 4 members (excludes halogenated alkanes) is 7. The molecule has 4 fully saturated rings. The second-order valence-electron chi connectivity index (χ2n) is 12.8. The van der Waals surface area contributed by atoms with E-state index in [1.165, 1.54) is 128 Å². The van der Waals surface area contributed by atoms with Gasteiger partial charge in [-0.1, -0.05) is 95.2 Å². The van der Waals surface area contributed by atoms with Crippen molar-refractivity contribution in [3.8, 4) is 0 Å². The Morgan fingerprint density at radius 2 is 1.36 bits per heavy atom. The van der Waals surface area contributed by atoms with Crippen molar-refractivity contribution in [2.75, 3.05) is 6.61 Å². The van der Waals surface area contributed by atoms with Crippen LogP contribution in [0.2, 0.25) is 0 Å². The van der Waals surface area contributed by atoms with Gasteiger partial charge in [0.05, 0.1) is 12.7 Å². The number of hydrogen-bond donors (Lipinski definition) is 0. The third-order valence-electron chi connectivity index (χ3n) is 10.5. The highest BCUT2D eigenvalue weighted by Gasteiger charge is 2.48. The van der Waals surface area contributed by atoms with Crippen LogP contribution in [0.5, 0.6) is 0 Å². The second kappa shape index (κ2) is 14.2. The molecular formula is C35H56O. The summed E-state index contributed by atoms with van der Waals surface area (Å²) in [5, 5.41) is 0. The molecule has 202 valence electrons. The van der Waals surface area contributed by atoms with Crippen LogP contribution in [0.1, 0.15) is 159 Å². The lowest BCUT2D eigenvalue weighted by Crippen LogP contribution is -2.44. The molecule has 5 rings (SSSR count). The van der Waals surface area contributed by atoms with Gasteiger partial charge in [0, 0.05) is 0 Å². The molecule has 1 aromatic carbocycles. The summed E-state index contributed by atoms with van der Waals surface area (Å²) in [6, 6.07) is 10.1. The summed E-state index contributed by atoms with van der Waals surface area (Å²) in [5.41, 5.74) is 4.44. The fourth-order valence-corrected chi connectivity index (χ4v) is 7.74. The average molecular weight is 493 g/mol. The van der Waals surface area contributed by atoms with E-state index in [0.717, 1.165) is 12.5 Å². The number of allylic oxidation sites excluding steroid dienone is 1. The molecule has 4 aliphatic rings. The molecule has 0 radical (unpaired) electrons. The van der Waals surface area contributed by atoms with Crippen LogP contribution >= 0.6 is 0 Å². The lowest BCUT2D eigenvalue weighted by atomic mass is 9.51. The topological polar surface area (TPSA) is 9.23 Å². The number of ether oxygens (including phenoxy) is 1. The van der Waals surface area contributed by atoms with Gasteiger partial charge in [-0.05, 0) is 111 Å². The van der Waals surface area contributed by atoms with Crippen molar-refractivity contribution in [1.29, 1.82) is 0 Å². The predicted octanol–water partition coefficient (Wildman–Crippen LogP) is 10.8. The van der Waals surface area contributed by atoms with Gasteiger partial charge in [0.2, 0.25) is 0 Å². The fourth-order valence-electron chi connectivity index (χ4n) is 7.74. The van der Waals surface area contributed by atoms with Crippen molar-refractivity contribution in [1.82, 2.24) is 0 Å². The minimum absolute atomic E-state index is 0.469. The van der Waals surface area contributed by atoms with E-state index in [-0.39, 0.29) is 0 Å². The normalized spacial score (nSPS) is 30.3. The van der Waals surface area contributed by atoms with Crippen LogP contribution < -0.4 is 0 Å². The molecule has 0 aliphatic heterocycles. The summed E-state index contributed by atoms with van der Waals surface area (Å²) in [5.74, 6) is 0.735. The number of hydrogen-bond acceptors (Lipinski definition) is 1. The Kier molecular flexibility index (Phi) is 11.0. The molecule has 2 bridgehead atoms. The van der Waals surface area contributed by atoms with E-state index in [4.69, 9.17) is 4.74 Å². The van der Waals surface area contributed by atoms with Crippen LogP contribution in [0.3, 0.4) is 0 Å². The van der Waals surface area contributed by atoms with Gasteiger partial charge in [0.25, 0.3) is 0 Å². The van der Waals surface area contributed by atoms with Crippen molar-refractivity contribution >= 4 is 0 Å². The zero-order valence-electron chi connectivity index (χ0n) is 23.9. The summed E-state index contributed by atoms with van der Waals surface area (Å²) >= 11 is 0. The van der Waals surface area contributed by atoms with Crippen molar-refractivity contribution in [3.05, 3.63) is 47.5 Å². The van der Waals surface area contributed by atoms with E-state index in [1.807, 2.05) is 0 Å². The van der Waals surface area contributed by atoms with Gasteiger partial charge < -0.3 is 4.74 Å². The molecule has 0 unspecified atom stereocenters. The highest BCUT2D eigenvalue weighted by Crippen LogP contribution is 2.59. The molecule has 0 aromatic heterocycles. The maximum atomic E-state index is 6.17. The Labute approximate surface area is 223 Å². The Balaban J connectivity index is 1.18. The van der Waals surface area contributed by atoms with Gasteiger partial charge in [-0.2, -0.15) is 0 Å². The third kappa shape index (κ3) is 7.49. The number of fused-ring (bicyclic) bond motifs is 3. The zero-order valence-corrected chi connectivity index (χ0v) is 23.9. The molecular weight excluding hydrogens is 436 g/mol. The Bertz CT molecular complexity index is 742. The van der Waals surface area contributed by atoms with E-state index in [2.05, 4.69) is 50.3 Å². The maximum absolute atomic E-state index is 6.17. The lowest BCUT2D eigenvalue weighted by Gasteiger charge is -2.54. The maximum Gasteiger partial charge on any atom is 0.0651 e. The Morgan fingerprint density at radius 1 is 0.722 bits per heavy atom. The minimum atomic E-state index is 0.469. The van der Waals surface area contributed by atoms with Gasteiger partial charge in [-0.25, -0.2) is 0 Å². The van der Waals surface area contributed by atoms with Crippen LogP contribution in [0, 0.1) is 5.41 Å². The third-order valence-corrected chi connectivity index (χ3v) is 10.5. The Morgan fingerprint density at radius 3 is 2.03 bits per heavy atom. The smallest absolute Gasteiger partial charge is 0.0651 e. The van der Waals surface area contributed by atoms with E-state index >= 15 is 0 Å². The average Bonchev–Trinajstić information content (AvgIpc) is 2.94. The standard InChI is InChI=1S/C35H56O/c1-3-5-7-9-11-13-29-36-33-20-16-31(17-21-33)30-14-18-32(19-15-30)35-26-23-34(24-27-35,25-28-35)22-12-10-8-6-4-2/h11,13-15,18-19,31,33H,3-10,12,16-17,20-29H2,1-2H3/b13-11+. The molecule has 0 saturated heterocycles. The Hall–Kier alpha value is -1.08. The summed E-state index contributed by atoms with van der Waals surface area (Å²) in [6.07, 6.45) is 32.7. The molecule has 0 spiro atoms. The van der Waals surface area contributed by atoms with E-state index in [9.17, 15) is 0 Å². The first-order valence-corrected chi connectivity index (χ1v) is 16.1. The van der Waals surface area contributed by atoms with Crippen molar-refractivity contribution in [2.24, 2.45) is 5.41 Å².